The number of phenols is 1. The number of H-pyrrole nitrogens is 1. The van der Waals surface area contributed by atoms with Crippen LogP contribution >= 0.6 is 11.6 Å². The number of para-hydroxylation sites is 1. The monoisotopic (exact) mass is 407 g/mol. The molecule has 0 aliphatic carbocycles. The van der Waals surface area contributed by atoms with E-state index in [2.05, 4.69) is 27.2 Å². The number of hydrogen-bond acceptors (Lipinski definition) is 5. The zero-order valence-corrected chi connectivity index (χ0v) is 16.3. The second-order valence-corrected chi connectivity index (χ2v) is 6.90. The van der Waals surface area contributed by atoms with Gasteiger partial charge in [-0.2, -0.15) is 0 Å². The number of aryl methyl sites for hydroxylation is 1. The smallest absolute Gasteiger partial charge is 0.252 e. The molecule has 0 spiro atoms. The van der Waals surface area contributed by atoms with Crippen LogP contribution in [-0.2, 0) is 6.42 Å². The molecule has 0 atom stereocenters. The number of aromatic nitrogens is 3. The Morgan fingerprint density at radius 2 is 2.07 bits per heavy atom. The SMILES string of the molecule is CCc1ccccc1Nc1c(C(N)=O)cnc2[nH]c(-c3ccc(O)c(Cl)c3)nc12. The molecule has 4 rings (SSSR count). The second kappa shape index (κ2) is 7.44. The number of anilines is 2. The highest BCUT2D eigenvalue weighted by molar-refractivity contribution is 6.32. The minimum atomic E-state index is -0.604. The molecular formula is C21H18ClN5O2. The lowest BCUT2D eigenvalue weighted by Gasteiger charge is -2.13. The number of carbonyl (C=O) groups excluding carboxylic acids is 1. The number of carbonyl (C=O) groups is 1. The second-order valence-electron chi connectivity index (χ2n) is 6.50. The standard InChI is InChI=1S/C21H18ClN5O2/c1-2-11-5-3-4-6-15(11)25-17-13(19(23)29)10-24-21-18(17)26-20(27-21)12-7-8-16(28)14(22)9-12/h3-10,28H,2H2,1H3,(H2,23,29)(H2,24,25,26,27). The van der Waals surface area contributed by atoms with E-state index in [1.165, 1.54) is 12.3 Å². The number of hydrogen-bond donors (Lipinski definition) is 4. The molecule has 7 nitrogen and oxygen atoms in total. The summed E-state index contributed by atoms with van der Waals surface area (Å²) >= 11 is 6.02. The summed E-state index contributed by atoms with van der Waals surface area (Å²) in [5, 5.41) is 13.2. The van der Waals surface area contributed by atoms with Crippen molar-refractivity contribution in [2.24, 2.45) is 5.73 Å². The Hall–Kier alpha value is -3.58. The predicted molar refractivity (Wildman–Crippen MR) is 114 cm³/mol. The summed E-state index contributed by atoms with van der Waals surface area (Å²) in [5.41, 5.74) is 9.90. The molecule has 0 radical (unpaired) electrons. The van der Waals surface area contributed by atoms with Crippen molar-refractivity contribution in [1.29, 1.82) is 0 Å². The fourth-order valence-corrected chi connectivity index (χ4v) is 3.32. The van der Waals surface area contributed by atoms with Gasteiger partial charge in [0, 0.05) is 17.4 Å². The largest absolute Gasteiger partial charge is 0.506 e. The number of aromatic amines is 1. The Bertz CT molecular complexity index is 1240. The van der Waals surface area contributed by atoms with E-state index < -0.39 is 5.91 Å². The molecule has 2 aromatic heterocycles. The molecule has 5 N–H and O–H groups in total. The maximum atomic E-state index is 12.0. The molecule has 0 aliphatic rings. The number of imidazole rings is 1. The van der Waals surface area contributed by atoms with Gasteiger partial charge < -0.3 is 21.1 Å². The Kier molecular flexibility index (Phi) is 4.82. The lowest BCUT2D eigenvalue weighted by Crippen LogP contribution is -2.14. The van der Waals surface area contributed by atoms with Gasteiger partial charge in [-0.1, -0.05) is 36.7 Å². The van der Waals surface area contributed by atoms with Gasteiger partial charge in [-0.05, 0) is 36.2 Å². The molecule has 146 valence electrons. The normalized spacial score (nSPS) is 11.0. The van der Waals surface area contributed by atoms with Crippen molar-refractivity contribution in [2.75, 3.05) is 5.32 Å². The first-order valence-electron chi connectivity index (χ1n) is 9.00. The van der Waals surface area contributed by atoms with E-state index in [4.69, 9.17) is 17.3 Å². The number of benzene rings is 2. The predicted octanol–water partition coefficient (Wildman–Crippen LogP) is 4.39. The zero-order chi connectivity index (χ0) is 20.5. The number of nitrogens with zero attached hydrogens (tertiary/aromatic N) is 2. The van der Waals surface area contributed by atoms with Gasteiger partial charge in [0.25, 0.3) is 5.91 Å². The summed E-state index contributed by atoms with van der Waals surface area (Å²) in [5.74, 6) is -0.116. The average molecular weight is 408 g/mol. The number of nitrogens with two attached hydrogens (primary N) is 1. The first-order chi connectivity index (χ1) is 14.0. The van der Waals surface area contributed by atoms with Crippen molar-refractivity contribution < 1.29 is 9.90 Å². The zero-order valence-electron chi connectivity index (χ0n) is 15.5. The molecule has 0 unspecified atom stereocenters. The van der Waals surface area contributed by atoms with Gasteiger partial charge in [0.15, 0.2) is 5.65 Å². The minimum Gasteiger partial charge on any atom is -0.506 e. The van der Waals surface area contributed by atoms with Crippen LogP contribution in [0.2, 0.25) is 5.02 Å². The highest BCUT2D eigenvalue weighted by Crippen LogP contribution is 2.33. The summed E-state index contributed by atoms with van der Waals surface area (Å²) in [6.45, 7) is 2.05. The van der Waals surface area contributed by atoms with Crippen molar-refractivity contribution in [3.63, 3.8) is 0 Å². The quantitative estimate of drug-likeness (QED) is 0.391. The lowest BCUT2D eigenvalue weighted by molar-refractivity contribution is 0.100. The summed E-state index contributed by atoms with van der Waals surface area (Å²) in [6.07, 6.45) is 2.24. The van der Waals surface area contributed by atoms with Crippen LogP contribution < -0.4 is 11.1 Å². The third kappa shape index (κ3) is 3.48. The molecule has 0 aliphatic heterocycles. The number of halogens is 1. The highest BCUT2D eigenvalue weighted by Gasteiger charge is 2.18. The summed E-state index contributed by atoms with van der Waals surface area (Å²) in [6, 6.07) is 12.6. The third-order valence-electron chi connectivity index (χ3n) is 4.66. The van der Waals surface area contributed by atoms with Crippen molar-refractivity contribution >= 4 is 40.0 Å². The molecule has 2 heterocycles. The molecule has 29 heavy (non-hydrogen) atoms. The van der Waals surface area contributed by atoms with E-state index in [1.807, 2.05) is 24.3 Å². The number of nitrogens with one attached hydrogen (secondary N) is 2. The summed E-state index contributed by atoms with van der Waals surface area (Å²) in [7, 11) is 0. The maximum absolute atomic E-state index is 12.0. The van der Waals surface area contributed by atoms with Crippen LogP contribution in [0.15, 0.2) is 48.7 Å². The van der Waals surface area contributed by atoms with E-state index in [1.54, 1.807) is 12.1 Å². The van der Waals surface area contributed by atoms with E-state index in [9.17, 15) is 9.90 Å². The molecule has 8 heteroatoms. The minimum absolute atomic E-state index is 0.0146. The molecular weight excluding hydrogens is 390 g/mol. The molecule has 2 aromatic carbocycles. The van der Waals surface area contributed by atoms with Crippen molar-refractivity contribution in [1.82, 2.24) is 15.0 Å². The van der Waals surface area contributed by atoms with Gasteiger partial charge in [-0.3, -0.25) is 4.79 Å². The van der Waals surface area contributed by atoms with Crippen LogP contribution in [0, 0.1) is 0 Å². The van der Waals surface area contributed by atoms with Crippen LogP contribution in [-0.4, -0.2) is 26.0 Å². The number of fused-ring (bicyclic) bond motifs is 1. The fraction of sp³-hybridized carbons (Fsp3) is 0.0952. The van der Waals surface area contributed by atoms with Crippen molar-refractivity contribution in [3.05, 3.63) is 64.8 Å². The van der Waals surface area contributed by atoms with Gasteiger partial charge in [0.1, 0.15) is 17.1 Å². The van der Waals surface area contributed by atoms with E-state index in [-0.39, 0.29) is 16.3 Å². The Morgan fingerprint density at radius 3 is 2.79 bits per heavy atom. The summed E-state index contributed by atoms with van der Waals surface area (Å²) < 4.78 is 0. The van der Waals surface area contributed by atoms with Crippen LogP contribution in [0.25, 0.3) is 22.6 Å². The molecule has 4 aromatic rings. The molecule has 1 amide bonds. The molecule has 0 saturated heterocycles. The Labute approximate surface area is 171 Å². The highest BCUT2D eigenvalue weighted by atomic mass is 35.5. The maximum Gasteiger partial charge on any atom is 0.252 e. The first kappa shape index (κ1) is 18.8. The van der Waals surface area contributed by atoms with Gasteiger partial charge in [-0.25, -0.2) is 9.97 Å². The van der Waals surface area contributed by atoms with Crippen molar-refractivity contribution in [2.45, 2.75) is 13.3 Å². The number of rotatable bonds is 5. The molecule has 0 saturated carbocycles. The number of aromatic hydroxyl groups is 1. The van der Waals surface area contributed by atoms with Crippen LogP contribution in [0.5, 0.6) is 5.75 Å². The Balaban J connectivity index is 1.89. The number of pyridine rings is 1. The first-order valence-corrected chi connectivity index (χ1v) is 9.38. The number of phenolic OH excluding ortho intramolecular Hbond substituents is 1. The van der Waals surface area contributed by atoms with Crippen LogP contribution in [0.3, 0.4) is 0 Å². The van der Waals surface area contributed by atoms with E-state index in [0.29, 0.717) is 28.2 Å². The summed E-state index contributed by atoms with van der Waals surface area (Å²) in [4.78, 5) is 24.1. The van der Waals surface area contributed by atoms with Crippen molar-refractivity contribution in [3.8, 4) is 17.1 Å². The van der Waals surface area contributed by atoms with Gasteiger partial charge in [0.05, 0.1) is 16.3 Å². The fourth-order valence-electron chi connectivity index (χ4n) is 3.14. The number of primary amides is 1. The van der Waals surface area contributed by atoms with E-state index in [0.717, 1.165) is 17.7 Å². The van der Waals surface area contributed by atoms with Gasteiger partial charge in [0.2, 0.25) is 0 Å². The third-order valence-corrected chi connectivity index (χ3v) is 4.96. The molecule has 0 bridgehead atoms. The average Bonchev–Trinajstić information content (AvgIpc) is 3.15. The topological polar surface area (TPSA) is 117 Å². The lowest BCUT2D eigenvalue weighted by atomic mass is 10.1. The molecule has 0 fully saturated rings. The van der Waals surface area contributed by atoms with Gasteiger partial charge in [-0.15, -0.1) is 0 Å². The van der Waals surface area contributed by atoms with Crippen LogP contribution in [0.4, 0.5) is 11.4 Å². The van der Waals surface area contributed by atoms with E-state index >= 15 is 0 Å². The number of amides is 1. The Morgan fingerprint density at radius 1 is 1.28 bits per heavy atom. The van der Waals surface area contributed by atoms with Gasteiger partial charge >= 0.3 is 0 Å². The van der Waals surface area contributed by atoms with Crippen LogP contribution in [0.1, 0.15) is 22.8 Å².